The molecule has 3 aromatic rings. The number of hydrogen-bond donors (Lipinski definition) is 0. The van der Waals surface area contributed by atoms with Crippen LogP contribution >= 0.6 is 0 Å². The number of hydrogen-bond acceptors (Lipinski definition) is 9. The number of aryl methyl sites for hydroxylation is 1. The van der Waals surface area contributed by atoms with Crippen LogP contribution in [0, 0.1) is 12.7 Å². The number of nitrogens with zero attached hydrogens (tertiary/aromatic N) is 4. The summed E-state index contributed by atoms with van der Waals surface area (Å²) in [5, 5.41) is 4.92. The van der Waals surface area contributed by atoms with Crippen molar-refractivity contribution >= 4 is 17.4 Å². The first-order valence-electron chi connectivity index (χ1n) is 16.2. The van der Waals surface area contributed by atoms with Crippen molar-refractivity contribution in [3.8, 4) is 5.75 Å². The molecule has 0 N–H and O–H groups in total. The topological polar surface area (TPSA) is 96.7 Å². The highest BCUT2D eigenvalue weighted by molar-refractivity contribution is 5.80. The Bertz CT molecular complexity index is 1560. The van der Waals surface area contributed by atoms with E-state index in [-0.39, 0.29) is 37.3 Å². The molecule has 250 valence electrons. The summed E-state index contributed by atoms with van der Waals surface area (Å²) >= 11 is 0. The lowest BCUT2D eigenvalue weighted by molar-refractivity contribution is -0.166. The Morgan fingerprint density at radius 1 is 1.17 bits per heavy atom. The summed E-state index contributed by atoms with van der Waals surface area (Å²) in [4.78, 5) is 20.6. The van der Waals surface area contributed by atoms with Gasteiger partial charge in [0.1, 0.15) is 17.4 Å². The second-order valence-corrected chi connectivity index (χ2v) is 13.3. The van der Waals surface area contributed by atoms with Crippen LogP contribution in [0.15, 0.2) is 36.4 Å². The normalized spacial score (nSPS) is 22.0. The molecule has 0 unspecified atom stereocenters. The van der Waals surface area contributed by atoms with Gasteiger partial charge in [-0.2, -0.15) is 9.61 Å². The van der Waals surface area contributed by atoms with Crippen molar-refractivity contribution in [1.82, 2.24) is 14.6 Å². The van der Waals surface area contributed by atoms with Crippen molar-refractivity contribution in [2.75, 3.05) is 31.2 Å². The van der Waals surface area contributed by atoms with Crippen LogP contribution in [0.5, 0.6) is 5.75 Å². The Morgan fingerprint density at radius 3 is 2.65 bits per heavy atom. The van der Waals surface area contributed by atoms with Gasteiger partial charge in [-0.1, -0.05) is 12.2 Å². The van der Waals surface area contributed by atoms with E-state index in [4.69, 9.17) is 33.8 Å². The number of ether oxygens (including phenoxy) is 5. The molecule has 10 nitrogen and oxygen atoms in total. The standard InChI is InChI=1S/C35H47FN4O6/c1-8-43-33(41)31(46-34(4,5)6)30-24(3)37-29-20-27-22-42-21-25-19-26(36)12-13-28(25)45-23(2)11-9-10-18-44-35(7)14-16-39(17-15-35)32(30)40(29)38-27/h9-10,12-13,19-20,23,31H,8,11,14-18,21-22H2,1-7H3/t23-,31-/m0/s1. The van der Waals surface area contributed by atoms with Crippen LogP contribution in [-0.2, 0) is 37.0 Å². The number of benzene rings is 1. The lowest BCUT2D eigenvalue weighted by Gasteiger charge is -2.41. The van der Waals surface area contributed by atoms with E-state index in [1.165, 1.54) is 12.1 Å². The smallest absolute Gasteiger partial charge is 0.340 e. The quantitative estimate of drug-likeness (QED) is 0.237. The molecule has 1 aromatic carbocycles. The SMILES string of the molecule is CCOC(=O)[C@@H](OC(C)(C)C)c1c(C)nc2cc3nn2c1N1CCC(C)(CC1)OCC=CC[C@H](C)Oc1ccc(F)cc1COC3. The van der Waals surface area contributed by atoms with Crippen LogP contribution in [0.1, 0.15) is 89.4 Å². The Hall–Kier alpha value is -3.54. The first kappa shape index (κ1) is 33.8. The third-order valence-corrected chi connectivity index (χ3v) is 8.23. The molecule has 2 aromatic heterocycles. The van der Waals surface area contributed by atoms with E-state index < -0.39 is 17.7 Å². The fourth-order valence-corrected chi connectivity index (χ4v) is 5.89. The van der Waals surface area contributed by atoms with Crippen LogP contribution < -0.4 is 9.64 Å². The van der Waals surface area contributed by atoms with Gasteiger partial charge in [0.15, 0.2) is 11.8 Å². The van der Waals surface area contributed by atoms with E-state index in [0.717, 1.165) is 18.7 Å². The molecule has 3 aliphatic rings. The van der Waals surface area contributed by atoms with Gasteiger partial charge >= 0.3 is 5.97 Å². The molecule has 0 spiro atoms. The summed E-state index contributed by atoms with van der Waals surface area (Å²) < 4.78 is 46.5. The summed E-state index contributed by atoms with van der Waals surface area (Å²) in [6.07, 6.45) is 5.19. The first-order valence-corrected chi connectivity index (χ1v) is 16.2. The zero-order valence-electron chi connectivity index (χ0n) is 28.1. The Labute approximate surface area is 270 Å². The molecule has 0 saturated carbocycles. The number of fused-ring (bicyclic) bond motifs is 9. The lowest BCUT2D eigenvalue weighted by Crippen LogP contribution is -2.45. The second-order valence-electron chi connectivity index (χ2n) is 13.3. The molecule has 3 aliphatic heterocycles. The summed E-state index contributed by atoms with van der Waals surface area (Å²) in [7, 11) is 0. The van der Waals surface area contributed by atoms with Gasteiger partial charge in [-0.25, -0.2) is 14.2 Å². The first-order chi connectivity index (χ1) is 21.9. The highest BCUT2D eigenvalue weighted by Gasteiger charge is 2.38. The number of piperidine rings is 1. The molecule has 4 bridgehead atoms. The van der Waals surface area contributed by atoms with Crippen LogP contribution in [0.2, 0.25) is 0 Å². The number of carbonyl (C=O) groups excluding carboxylic acids is 1. The molecular weight excluding hydrogens is 591 g/mol. The average Bonchev–Trinajstić information content (AvgIpc) is 3.38. The minimum atomic E-state index is -1.01. The Kier molecular flexibility index (Phi) is 10.3. The molecule has 6 rings (SSSR count). The van der Waals surface area contributed by atoms with E-state index in [9.17, 15) is 9.18 Å². The summed E-state index contributed by atoms with van der Waals surface area (Å²) in [6, 6.07) is 6.34. The van der Waals surface area contributed by atoms with E-state index in [2.05, 4.69) is 17.9 Å². The molecule has 0 radical (unpaired) electrons. The van der Waals surface area contributed by atoms with Gasteiger partial charge in [0.2, 0.25) is 0 Å². The Morgan fingerprint density at radius 2 is 1.93 bits per heavy atom. The van der Waals surface area contributed by atoms with Gasteiger partial charge in [0, 0.05) is 36.8 Å². The van der Waals surface area contributed by atoms with Crippen LogP contribution in [0.25, 0.3) is 5.65 Å². The Balaban J connectivity index is 1.58. The fourth-order valence-electron chi connectivity index (χ4n) is 5.89. The molecule has 46 heavy (non-hydrogen) atoms. The lowest BCUT2D eigenvalue weighted by atomic mass is 9.92. The van der Waals surface area contributed by atoms with Crippen molar-refractivity contribution in [2.24, 2.45) is 0 Å². The van der Waals surface area contributed by atoms with E-state index in [1.54, 1.807) is 17.5 Å². The number of halogens is 1. The van der Waals surface area contributed by atoms with Gasteiger partial charge in [-0.3, -0.25) is 0 Å². The van der Waals surface area contributed by atoms with Gasteiger partial charge < -0.3 is 28.6 Å². The predicted octanol–water partition coefficient (Wildman–Crippen LogP) is 6.42. The molecule has 11 heteroatoms. The molecule has 5 heterocycles. The molecular formula is C35H47FN4O6. The molecule has 2 atom stereocenters. The van der Waals surface area contributed by atoms with E-state index in [0.29, 0.717) is 60.0 Å². The fraction of sp³-hybridized carbons (Fsp3) is 0.571. The number of carbonyl (C=O) groups is 1. The van der Waals surface area contributed by atoms with Crippen LogP contribution in [0.4, 0.5) is 10.2 Å². The number of aromatic nitrogens is 3. The van der Waals surface area contributed by atoms with Gasteiger partial charge in [-0.05, 0) is 79.5 Å². The van der Waals surface area contributed by atoms with Crippen molar-refractivity contribution in [2.45, 2.75) is 104 Å². The van der Waals surface area contributed by atoms with Crippen LogP contribution in [0.3, 0.4) is 0 Å². The molecule has 0 amide bonds. The van der Waals surface area contributed by atoms with Crippen molar-refractivity contribution < 1.29 is 32.9 Å². The molecule has 1 saturated heterocycles. The zero-order valence-corrected chi connectivity index (χ0v) is 28.1. The number of esters is 1. The average molecular weight is 639 g/mol. The van der Waals surface area contributed by atoms with Gasteiger partial charge in [0.25, 0.3) is 0 Å². The van der Waals surface area contributed by atoms with E-state index >= 15 is 0 Å². The predicted molar refractivity (Wildman–Crippen MR) is 172 cm³/mol. The van der Waals surface area contributed by atoms with Crippen molar-refractivity contribution in [3.63, 3.8) is 0 Å². The summed E-state index contributed by atoms with van der Waals surface area (Å²) in [5.41, 5.74) is 2.20. The van der Waals surface area contributed by atoms with E-state index in [1.807, 2.05) is 46.8 Å². The maximum Gasteiger partial charge on any atom is 0.340 e. The maximum atomic E-state index is 14.2. The monoisotopic (exact) mass is 638 g/mol. The second kappa shape index (κ2) is 14.1. The highest BCUT2D eigenvalue weighted by Crippen LogP contribution is 2.38. The number of rotatable bonds is 4. The largest absolute Gasteiger partial charge is 0.490 e. The van der Waals surface area contributed by atoms with Gasteiger partial charge in [-0.15, -0.1) is 0 Å². The van der Waals surface area contributed by atoms with Crippen molar-refractivity contribution in [3.05, 3.63) is 64.7 Å². The maximum absolute atomic E-state index is 14.2. The van der Waals surface area contributed by atoms with Crippen LogP contribution in [-0.4, -0.2) is 64.2 Å². The summed E-state index contributed by atoms with van der Waals surface area (Å²) in [6.45, 7) is 15.9. The minimum Gasteiger partial charge on any atom is -0.490 e. The third kappa shape index (κ3) is 8.05. The minimum absolute atomic E-state index is 0.119. The zero-order chi connectivity index (χ0) is 33.1. The summed E-state index contributed by atoms with van der Waals surface area (Å²) in [5.74, 6) is 0.483. The molecule has 0 aliphatic carbocycles. The van der Waals surface area contributed by atoms with Crippen molar-refractivity contribution in [1.29, 1.82) is 0 Å². The molecule has 1 fully saturated rings. The van der Waals surface area contributed by atoms with Gasteiger partial charge in [0.05, 0.1) is 55.0 Å². The third-order valence-electron chi connectivity index (χ3n) is 8.23. The highest BCUT2D eigenvalue weighted by atomic mass is 19.1. The number of anilines is 1.